The second-order valence-corrected chi connectivity index (χ2v) is 7.32. The zero-order valence-electron chi connectivity index (χ0n) is 14.6. The molecule has 2 saturated heterocycles. The number of piperidine rings is 2. The molecule has 1 aromatic rings. The third-order valence-corrected chi connectivity index (χ3v) is 5.62. The monoisotopic (exact) mass is 329 g/mol. The summed E-state index contributed by atoms with van der Waals surface area (Å²) in [6.45, 7) is 4.40. The molecule has 3 rings (SSSR count). The van der Waals surface area contributed by atoms with Crippen LogP contribution in [0.1, 0.15) is 44.2 Å². The van der Waals surface area contributed by atoms with E-state index in [1.54, 1.807) is 0 Å². The van der Waals surface area contributed by atoms with Gasteiger partial charge in [-0.05, 0) is 37.2 Å². The Balaban J connectivity index is 1.53. The largest absolute Gasteiger partial charge is 0.345 e. The van der Waals surface area contributed by atoms with Crippen molar-refractivity contribution in [3.8, 4) is 0 Å². The molecule has 0 aromatic heterocycles. The number of hydrogen-bond donors (Lipinski definition) is 1. The van der Waals surface area contributed by atoms with Crippen molar-refractivity contribution in [2.24, 2.45) is 5.41 Å². The highest BCUT2D eigenvalue weighted by Gasteiger charge is 2.40. The fraction of sp³-hybridized carbons (Fsp3) is 0.579. The Kier molecular flexibility index (Phi) is 4.78. The first kappa shape index (κ1) is 16.8. The molecule has 1 N–H and O–H groups in total. The normalized spacial score (nSPS) is 21.7. The molecule has 2 fully saturated rings. The van der Waals surface area contributed by atoms with Crippen LogP contribution in [0, 0.1) is 5.41 Å². The van der Waals surface area contributed by atoms with E-state index in [2.05, 4.69) is 5.32 Å². The standard InChI is InChI=1S/C19H27N3O2/c1-15(16-6-4-3-5-7-16)20-18(24)22-12-10-19(11-13-22)9-8-17(23)21(2)14-19/h3-7,15H,8-14H2,1-2H3,(H,20,24)/t15-/m0/s1. The van der Waals surface area contributed by atoms with Gasteiger partial charge in [0.15, 0.2) is 0 Å². The van der Waals surface area contributed by atoms with Crippen LogP contribution in [-0.2, 0) is 4.79 Å². The lowest BCUT2D eigenvalue weighted by molar-refractivity contribution is -0.137. The topological polar surface area (TPSA) is 52.7 Å². The van der Waals surface area contributed by atoms with Crippen LogP contribution >= 0.6 is 0 Å². The maximum Gasteiger partial charge on any atom is 0.317 e. The van der Waals surface area contributed by atoms with Gasteiger partial charge >= 0.3 is 6.03 Å². The van der Waals surface area contributed by atoms with Crippen molar-refractivity contribution in [2.75, 3.05) is 26.7 Å². The van der Waals surface area contributed by atoms with Crippen molar-refractivity contribution in [2.45, 2.75) is 38.6 Å². The average molecular weight is 329 g/mol. The van der Waals surface area contributed by atoms with Gasteiger partial charge in [-0.25, -0.2) is 4.79 Å². The van der Waals surface area contributed by atoms with Crippen LogP contribution in [0.15, 0.2) is 30.3 Å². The van der Waals surface area contributed by atoms with E-state index in [-0.39, 0.29) is 23.4 Å². The Labute approximate surface area is 144 Å². The van der Waals surface area contributed by atoms with Gasteiger partial charge in [-0.2, -0.15) is 0 Å². The molecule has 0 unspecified atom stereocenters. The summed E-state index contributed by atoms with van der Waals surface area (Å²) in [6, 6.07) is 10.0. The predicted octanol–water partition coefficient (Wildman–Crippen LogP) is 2.79. The zero-order chi connectivity index (χ0) is 17.2. The summed E-state index contributed by atoms with van der Waals surface area (Å²) >= 11 is 0. The van der Waals surface area contributed by atoms with Gasteiger partial charge in [0, 0.05) is 33.1 Å². The first-order valence-corrected chi connectivity index (χ1v) is 8.83. The van der Waals surface area contributed by atoms with E-state index in [9.17, 15) is 9.59 Å². The van der Waals surface area contributed by atoms with Crippen molar-refractivity contribution >= 4 is 11.9 Å². The molecule has 2 heterocycles. The number of amides is 3. The molecule has 5 nitrogen and oxygen atoms in total. The van der Waals surface area contributed by atoms with Crippen molar-refractivity contribution in [1.29, 1.82) is 0 Å². The molecule has 2 aliphatic rings. The van der Waals surface area contributed by atoms with Gasteiger partial charge in [0.25, 0.3) is 0 Å². The summed E-state index contributed by atoms with van der Waals surface area (Å²) in [5.41, 5.74) is 1.33. The molecular weight excluding hydrogens is 302 g/mol. The number of nitrogens with zero attached hydrogens (tertiary/aromatic N) is 2. The van der Waals surface area contributed by atoms with Gasteiger partial charge in [0.1, 0.15) is 0 Å². The Morgan fingerprint density at radius 1 is 1.17 bits per heavy atom. The molecule has 24 heavy (non-hydrogen) atoms. The van der Waals surface area contributed by atoms with Crippen LogP contribution in [0.4, 0.5) is 4.79 Å². The molecule has 0 aliphatic carbocycles. The summed E-state index contributed by atoms with van der Waals surface area (Å²) in [4.78, 5) is 28.0. The van der Waals surface area contributed by atoms with Crippen molar-refractivity contribution in [3.63, 3.8) is 0 Å². The Morgan fingerprint density at radius 2 is 1.83 bits per heavy atom. The molecule has 5 heteroatoms. The molecule has 130 valence electrons. The Morgan fingerprint density at radius 3 is 2.46 bits per heavy atom. The number of benzene rings is 1. The summed E-state index contributed by atoms with van der Waals surface area (Å²) in [5.74, 6) is 0.248. The lowest BCUT2D eigenvalue weighted by atomic mass is 9.72. The van der Waals surface area contributed by atoms with Crippen molar-refractivity contribution < 1.29 is 9.59 Å². The third kappa shape index (κ3) is 3.55. The second kappa shape index (κ2) is 6.83. The number of carbonyl (C=O) groups excluding carboxylic acids is 2. The van der Waals surface area contributed by atoms with Gasteiger partial charge in [0.2, 0.25) is 5.91 Å². The molecule has 3 amide bonds. The molecule has 1 atom stereocenters. The van der Waals surface area contributed by atoms with E-state index in [1.807, 2.05) is 54.1 Å². The highest BCUT2D eigenvalue weighted by Crippen LogP contribution is 2.39. The smallest absolute Gasteiger partial charge is 0.317 e. The van der Waals surface area contributed by atoms with Gasteiger partial charge in [0.05, 0.1) is 6.04 Å². The number of urea groups is 1. The zero-order valence-corrected chi connectivity index (χ0v) is 14.6. The first-order chi connectivity index (χ1) is 11.5. The summed E-state index contributed by atoms with van der Waals surface area (Å²) in [7, 11) is 1.89. The van der Waals surface area contributed by atoms with Gasteiger partial charge in [-0.3, -0.25) is 4.79 Å². The highest BCUT2D eigenvalue weighted by molar-refractivity contribution is 5.77. The number of nitrogens with one attached hydrogen (secondary N) is 1. The maximum absolute atomic E-state index is 12.5. The lowest BCUT2D eigenvalue weighted by Crippen LogP contribution is -2.53. The van der Waals surface area contributed by atoms with Crippen LogP contribution < -0.4 is 5.32 Å². The molecule has 2 aliphatic heterocycles. The number of rotatable bonds is 2. The average Bonchev–Trinajstić information content (AvgIpc) is 2.60. The van der Waals surface area contributed by atoms with Crippen molar-refractivity contribution in [1.82, 2.24) is 15.1 Å². The molecule has 0 radical (unpaired) electrons. The third-order valence-electron chi connectivity index (χ3n) is 5.62. The van der Waals surface area contributed by atoms with E-state index in [4.69, 9.17) is 0 Å². The quantitative estimate of drug-likeness (QED) is 0.907. The minimum Gasteiger partial charge on any atom is -0.345 e. The summed E-state index contributed by atoms with van der Waals surface area (Å²) < 4.78 is 0. The molecule has 0 saturated carbocycles. The highest BCUT2D eigenvalue weighted by atomic mass is 16.2. The van der Waals surface area contributed by atoms with E-state index >= 15 is 0 Å². The van der Waals surface area contributed by atoms with Crippen LogP contribution in [-0.4, -0.2) is 48.4 Å². The van der Waals surface area contributed by atoms with Crippen LogP contribution in [0.5, 0.6) is 0 Å². The number of carbonyl (C=O) groups is 2. The van der Waals surface area contributed by atoms with E-state index in [0.29, 0.717) is 6.42 Å². The Bertz CT molecular complexity index is 594. The minimum atomic E-state index is 0.00743. The Hall–Kier alpha value is -2.04. The van der Waals surface area contributed by atoms with Gasteiger partial charge in [-0.15, -0.1) is 0 Å². The van der Waals surface area contributed by atoms with E-state index < -0.39 is 0 Å². The van der Waals surface area contributed by atoms with Crippen LogP contribution in [0.2, 0.25) is 0 Å². The van der Waals surface area contributed by atoms with Gasteiger partial charge in [-0.1, -0.05) is 30.3 Å². The molecule has 1 aromatic carbocycles. The molecule has 0 bridgehead atoms. The van der Waals surface area contributed by atoms with Crippen LogP contribution in [0.25, 0.3) is 0 Å². The predicted molar refractivity (Wildman–Crippen MR) is 93.5 cm³/mol. The van der Waals surface area contributed by atoms with E-state index in [1.165, 1.54) is 0 Å². The fourth-order valence-electron chi connectivity index (χ4n) is 3.93. The fourth-order valence-corrected chi connectivity index (χ4v) is 3.93. The van der Waals surface area contributed by atoms with E-state index in [0.717, 1.165) is 44.5 Å². The summed E-state index contributed by atoms with van der Waals surface area (Å²) in [6.07, 6.45) is 3.58. The SMILES string of the molecule is C[C@H](NC(=O)N1CCC2(CCC(=O)N(C)C2)CC1)c1ccccc1. The minimum absolute atomic E-state index is 0.00743. The maximum atomic E-state index is 12.5. The van der Waals surface area contributed by atoms with Crippen molar-refractivity contribution in [3.05, 3.63) is 35.9 Å². The molecule has 1 spiro atoms. The number of likely N-dealkylation sites (tertiary alicyclic amines) is 2. The van der Waals surface area contributed by atoms with Gasteiger partial charge < -0.3 is 15.1 Å². The second-order valence-electron chi connectivity index (χ2n) is 7.32. The number of hydrogen-bond acceptors (Lipinski definition) is 2. The van der Waals surface area contributed by atoms with Crippen LogP contribution in [0.3, 0.4) is 0 Å². The lowest BCUT2D eigenvalue weighted by Gasteiger charge is -2.46. The summed E-state index contributed by atoms with van der Waals surface area (Å²) in [5, 5.41) is 3.10. The first-order valence-electron chi connectivity index (χ1n) is 8.83. The molecular formula is C19H27N3O2.